The molecule has 4 aliphatic rings. The largest absolute Gasteiger partial charge is 0.481 e. The molecule has 1 aromatic carbocycles. The minimum Gasteiger partial charge on any atom is -0.481 e. The lowest BCUT2D eigenvalue weighted by molar-refractivity contribution is -0.313. The maximum absolute atomic E-state index is 12.5. The van der Waals surface area contributed by atoms with Crippen LogP contribution in [0.2, 0.25) is 0 Å². The molecule has 0 aromatic heterocycles. The molecule has 0 radical (unpaired) electrons. The molecule has 19 heteroatoms. The van der Waals surface area contributed by atoms with Gasteiger partial charge in [0.25, 0.3) is 6.10 Å². The maximum Gasteiger partial charge on any atom is 0.434 e. The van der Waals surface area contributed by atoms with Crippen molar-refractivity contribution in [3.05, 3.63) is 35.4 Å². The Morgan fingerprint density at radius 2 is 1.22 bits per heavy atom. The van der Waals surface area contributed by atoms with E-state index in [1.165, 1.54) is 37.3 Å². The zero-order valence-electron chi connectivity index (χ0n) is 45.9. The summed E-state index contributed by atoms with van der Waals surface area (Å²) in [6.45, 7) is 31.3. The number of carboxylic acids is 1. The third kappa shape index (κ3) is 19.3. The van der Waals surface area contributed by atoms with Gasteiger partial charge in [0, 0.05) is 12.8 Å². The first-order valence-electron chi connectivity index (χ1n) is 25.6. The van der Waals surface area contributed by atoms with Gasteiger partial charge in [0.1, 0.15) is 12.2 Å². The fourth-order valence-corrected chi connectivity index (χ4v) is 7.36. The van der Waals surface area contributed by atoms with E-state index in [4.69, 9.17) is 33.5 Å². The van der Waals surface area contributed by atoms with E-state index in [9.17, 15) is 50.3 Å². The minimum atomic E-state index is -5.81. The first kappa shape index (κ1) is 65.1. The zero-order chi connectivity index (χ0) is 56.3. The van der Waals surface area contributed by atoms with E-state index >= 15 is 0 Å². The van der Waals surface area contributed by atoms with Crippen LogP contribution in [0.5, 0.6) is 0 Å². The van der Waals surface area contributed by atoms with E-state index in [2.05, 4.69) is 70.5 Å². The van der Waals surface area contributed by atoms with Crippen LogP contribution in [-0.4, -0.2) is 96.0 Å². The van der Waals surface area contributed by atoms with Crippen LogP contribution in [0.15, 0.2) is 24.3 Å². The van der Waals surface area contributed by atoms with Crippen molar-refractivity contribution in [2.75, 3.05) is 0 Å². The Labute approximate surface area is 428 Å². The first-order valence-corrected chi connectivity index (χ1v) is 25.6. The smallest absolute Gasteiger partial charge is 0.434 e. The van der Waals surface area contributed by atoms with E-state index < -0.39 is 96.1 Å². The summed E-state index contributed by atoms with van der Waals surface area (Å²) in [6, 6.07) is 9.08. The first-order chi connectivity index (χ1) is 33.3. The molecule has 3 saturated heterocycles. The highest BCUT2D eigenvalue weighted by atomic mass is 19.4. The molecule has 0 bridgehead atoms. The number of benzene rings is 1. The van der Waals surface area contributed by atoms with Crippen LogP contribution in [0.4, 0.5) is 26.3 Å². The standard InChI is InChI=1S/C21H26F6O9.C14H22.C13H24O2.C6H12O2/c1-5-18(2,3)17(30)34-12-10-11(32-14(12)29)13-15(33-10)36-19(4,35-13)8-6-7-9(28)31-16(20(22,23)24)21(25,26)27;1-6-11(2)12-7-9-13(10-8-12)14(3,4)5;1-5-13(3,4)12(14)15-11-8-6-10(2)7-9-11;1-4-6(2,3)5(7)8/h10-13,15-16H,5-8H2,1-4H3;7-11H,6H2,1-5H3;10-11H,5-9H2,1-4H3;4H2,1-3H3,(H,7,8). The molecule has 1 aliphatic carbocycles. The van der Waals surface area contributed by atoms with E-state index in [1.54, 1.807) is 34.6 Å². The second kappa shape index (κ2) is 26.2. The minimum absolute atomic E-state index is 0.0236. The van der Waals surface area contributed by atoms with Gasteiger partial charge in [-0.3, -0.25) is 19.2 Å². The predicted octanol–water partition coefficient (Wildman–Crippen LogP) is 12.9. The average molecular weight is 1060 g/mol. The number of carbonyl (C=O) groups is 5. The summed E-state index contributed by atoms with van der Waals surface area (Å²) >= 11 is 0. The van der Waals surface area contributed by atoms with Gasteiger partial charge < -0.3 is 38.3 Å². The predicted molar refractivity (Wildman–Crippen MR) is 260 cm³/mol. The van der Waals surface area contributed by atoms with Gasteiger partial charge in [-0.25, -0.2) is 4.79 Å². The van der Waals surface area contributed by atoms with Crippen LogP contribution < -0.4 is 0 Å². The number of esters is 4. The number of alkyl halides is 6. The lowest BCUT2D eigenvalue weighted by Gasteiger charge is -2.29. The van der Waals surface area contributed by atoms with Gasteiger partial charge in [-0.05, 0) is 135 Å². The molecule has 0 spiro atoms. The van der Waals surface area contributed by atoms with Crippen molar-refractivity contribution in [3.63, 3.8) is 0 Å². The summed E-state index contributed by atoms with van der Waals surface area (Å²) in [6.07, 6.45) is -14.4. The second-order valence-corrected chi connectivity index (χ2v) is 22.8. The van der Waals surface area contributed by atoms with Gasteiger partial charge >= 0.3 is 42.2 Å². The van der Waals surface area contributed by atoms with Crippen molar-refractivity contribution >= 4 is 29.8 Å². The van der Waals surface area contributed by atoms with E-state index in [0.29, 0.717) is 18.8 Å². The molecule has 7 atom stereocenters. The summed E-state index contributed by atoms with van der Waals surface area (Å²) in [7, 11) is 0. The monoisotopic (exact) mass is 1050 g/mol. The molecule has 1 aromatic rings. The maximum atomic E-state index is 12.5. The van der Waals surface area contributed by atoms with Crippen molar-refractivity contribution < 1.29 is 88.6 Å². The third-order valence-corrected chi connectivity index (χ3v) is 14.4. The molecule has 1 saturated carbocycles. The number of ether oxygens (including phenoxy) is 7. The molecule has 3 aliphatic heterocycles. The highest BCUT2D eigenvalue weighted by Crippen LogP contribution is 2.45. The number of carboxylic acid groups (broad SMARTS) is 1. The zero-order valence-corrected chi connectivity index (χ0v) is 45.9. The molecule has 13 nitrogen and oxygen atoms in total. The number of aliphatic carboxylic acids is 1. The van der Waals surface area contributed by atoms with Crippen molar-refractivity contribution in [1.82, 2.24) is 0 Å². The van der Waals surface area contributed by atoms with Gasteiger partial charge in [-0.2, -0.15) is 26.3 Å². The average Bonchev–Trinajstić information content (AvgIpc) is 3.90. The number of hydrogen-bond acceptors (Lipinski definition) is 12. The number of carbonyl (C=O) groups excluding carboxylic acids is 4. The highest BCUT2D eigenvalue weighted by Gasteiger charge is 2.65. The quantitative estimate of drug-likeness (QED) is 0.100. The lowest BCUT2D eigenvalue weighted by atomic mass is 9.85. The van der Waals surface area contributed by atoms with Gasteiger partial charge in [0.15, 0.2) is 24.3 Å². The molecule has 5 rings (SSSR count). The highest BCUT2D eigenvalue weighted by molar-refractivity contribution is 5.84. The van der Waals surface area contributed by atoms with Crippen molar-refractivity contribution in [2.45, 2.75) is 254 Å². The Balaban J connectivity index is 0.000000402. The molecular weight excluding hydrogens is 971 g/mol. The lowest BCUT2D eigenvalue weighted by Crippen LogP contribution is -2.45. The Bertz CT molecular complexity index is 1940. The Morgan fingerprint density at radius 3 is 1.64 bits per heavy atom. The fourth-order valence-electron chi connectivity index (χ4n) is 7.36. The summed E-state index contributed by atoms with van der Waals surface area (Å²) in [5.74, 6) is -3.85. The SMILES string of the molecule is CCC(C)(C)C(=O)O.CCC(C)(C)C(=O)OC1C(=O)OC2C3OC(C)(CCCC(=O)OC(C(F)(F)F)C(F)(F)F)OC3OC12.CCC(C)(C)C(=O)OC1CCC(C)CC1.CCC(C)c1ccc(C(C)(C)C)cc1. The van der Waals surface area contributed by atoms with Gasteiger partial charge in [-0.1, -0.05) is 86.6 Å². The fraction of sp³-hybridized carbons (Fsp3) is 0.796. The van der Waals surface area contributed by atoms with Crippen LogP contribution in [-0.2, 0) is 62.5 Å². The number of hydrogen-bond donors (Lipinski definition) is 1. The van der Waals surface area contributed by atoms with E-state index in [0.717, 1.165) is 25.2 Å². The number of halogens is 6. The van der Waals surface area contributed by atoms with E-state index in [1.807, 2.05) is 27.7 Å². The van der Waals surface area contributed by atoms with Crippen molar-refractivity contribution in [1.29, 1.82) is 0 Å². The summed E-state index contributed by atoms with van der Waals surface area (Å²) in [5, 5.41) is 8.44. The molecule has 3 heterocycles. The van der Waals surface area contributed by atoms with Crippen LogP contribution >= 0.6 is 0 Å². The van der Waals surface area contributed by atoms with Crippen LogP contribution in [0.1, 0.15) is 198 Å². The summed E-state index contributed by atoms with van der Waals surface area (Å²) < 4.78 is 112. The molecule has 7 unspecified atom stereocenters. The molecule has 4 fully saturated rings. The number of rotatable bonds is 15. The van der Waals surface area contributed by atoms with Gasteiger partial charge in [-0.15, -0.1) is 0 Å². The van der Waals surface area contributed by atoms with Gasteiger partial charge in [0.05, 0.1) is 16.2 Å². The van der Waals surface area contributed by atoms with Crippen LogP contribution in [0.3, 0.4) is 0 Å². The molecule has 1 N–H and O–H groups in total. The van der Waals surface area contributed by atoms with Crippen LogP contribution in [0.25, 0.3) is 0 Å². The number of fused-ring (bicyclic) bond motifs is 3. The van der Waals surface area contributed by atoms with Gasteiger partial charge in [0.2, 0.25) is 6.10 Å². The topological polar surface area (TPSA) is 170 Å². The van der Waals surface area contributed by atoms with Crippen molar-refractivity contribution in [2.24, 2.45) is 22.2 Å². The molecule has 420 valence electrons. The van der Waals surface area contributed by atoms with Crippen LogP contribution in [0, 0.1) is 22.2 Å². The molecule has 73 heavy (non-hydrogen) atoms. The Morgan fingerprint density at radius 1 is 0.726 bits per heavy atom. The summed E-state index contributed by atoms with van der Waals surface area (Å²) in [4.78, 5) is 58.3. The normalized spacial score (nSPS) is 25.5. The molecular formula is C54H84F6O13. The molecule has 0 amide bonds. The van der Waals surface area contributed by atoms with Crippen molar-refractivity contribution in [3.8, 4) is 0 Å². The summed E-state index contributed by atoms with van der Waals surface area (Å²) in [5.41, 5.74) is 1.45. The van der Waals surface area contributed by atoms with E-state index in [-0.39, 0.29) is 35.7 Å². The second-order valence-electron chi connectivity index (χ2n) is 22.8. The Kier molecular flexibility index (Phi) is 23.4. The third-order valence-electron chi connectivity index (χ3n) is 14.4. The Hall–Kier alpha value is -3.97.